The van der Waals surface area contributed by atoms with Gasteiger partial charge in [0.05, 0.1) is 11.5 Å². The second kappa shape index (κ2) is 10.4. The van der Waals surface area contributed by atoms with Gasteiger partial charge in [0, 0.05) is 30.7 Å². The number of ether oxygens (including phenoxy) is 1. The van der Waals surface area contributed by atoms with Crippen molar-refractivity contribution in [3.05, 3.63) is 62.4 Å². The fourth-order valence-electron chi connectivity index (χ4n) is 2.95. The minimum absolute atomic E-state index is 0.195. The molecular weight excluding hydrogens is 470 g/mol. The van der Waals surface area contributed by atoms with Gasteiger partial charge in [-0.15, -0.1) is 11.3 Å². The molecule has 1 fully saturated rings. The number of piperazine rings is 1. The van der Waals surface area contributed by atoms with Crippen molar-refractivity contribution in [3.63, 3.8) is 0 Å². The second-order valence-electron chi connectivity index (χ2n) is 6.52. The third kappa shape index (κ3) is 5.70. The fraction of sp³-hybridized carbons (Fsp3) is 0.286. The zero-order chi connectivity index (χ0) is 21.5. The van der Waals surface area contributed by atoms with Crippen LogP contribution in [0.4, 0.5) is 4.79 Å². The average molecular weight is 492 g/mol. The van der Waals surface area contributed by atoms with E-state index in [1.165, 1.54) is 11.3 Å². The van der Waals surface area contributed by atoms with Crippen LogP contribution in [0.2, 0.25) is 0 Å². The lowest BCUT2D eigenvalue weighted by molar-refractivity contribution is -0.128. The number of carbonyl (C=O) groups is 3. The third-order valence-corrected chi connectivity index (χ3v) is 5.89. The Labute approximate surface area is 187 Å². The maximum atomic E-state index is 13.2. The largest absolute Gasteiger partial charge is 0.450 e. The van der Waals surface area contributed by atoms with Crippen molar-refractivity contribution in [2.24, 2.45) is 0 Å². The molecule has 2 heterocycles. The summed E-state index contributed by atoms with van der Waals surface area (Å²) in [6.45, 7) is 3.57. The molecule has 0 spiro atoms. The van der Waals surface area contributed by atoms with E-state index in [4.69, 9.17) is 4.74 Å². The Balaban J connectivity index is 1.76. The molecule has 158 valence electrons. The van der Waals surface area contributed by atoms with E-state index in [1.807, 2.05) is 29.6 Å². The number of hydrogen-bond donors (Lipinski definition) is 1. The highest BCUT2D eigenvalue weighted by Gasteiger charge is 2.27. The van der Waals surface area contributed by atoms with Crippen molar-refractivity contribution in [1.29, 1.82) is 0 Å². The first kappa shape index (κ1) is 22.0. The Morgan fingerprint density at radius 3 is 2.37 bits per heavy atom. The normalized spacial score (nSPS) is 14.4. The van der Waals surface area contributed by atoms with Crippen LogP contribution >= 0.6 is 27.3 Å². The molecule has 7 nitrogen and oxygen atoms in total. The summed E-state index contributed by atoms with van der Waals surface area (Å²) in [7, 11) is 0. The topological polar surface area (TPSA) is 79.0 Å². The number of thiophene rings is 1. The Kier molecular flexibility index (Phi) is 7.64. The van der Waals surface area contributed by atoms with E-state index < -0.39 is 0 Å². The van der Waals surface area contributed by atoms with Crippen molar-refractivity contribution in [2.75, 3.05) is 32.8 Å². The zero-order valence-corrected chi connectivity index (χ0v) is 18.9. The van der Waals surface area contributed by atoms with Crippen LogP contribution in [-0.2, 0) is 9.53 Å². The molecule has 2 aromatic rings. The molecule has 1 N–H and O–H groups in total. The molecule has 30 heavy (non-hydrogen) atoms. The molecule has 0 saturated carbocycles. The van der Waals surface area contributed by atoms with Crippen LogP contribution in [0.25, 0.3) is 6.08 Å². The van der Waals surface area contributed by atoms with Gasteiger partial charge >= 0.3 is 6.09 Å². The molecule has 1 aliphatic heterocycles. The number of rotatable bonds is 5. The van der Waals surface area contributed by atoms with E-state index in [-0.39, 0.29) is 23.6 Å². The standard InChI is InChI=1S/C21H22BrN3O4S/c1-2-29-21(28)25-11-9-24(10-12-25)20(27)17(14-15-5-7-16(22)8-6-15)23-19(26)18-4-3-13-30-18/h3-8,13-14H,2,9-12H2,1H3,(H,23,26)/b17-14+. The summed E-state index contributed by atoms with van der Waals surface area (Å²) in [6.07, 6.45) is 1.29. The lowest BCUT2D eigenvalue weighted by Crippen LogP contribution is -2.52. The molecule has 3 amide bonds. The van der Waals surface area contributed by atoms with Crippen molar-refractivity contribution in [2.45, 2.75) is 6.92 Å². The van der Waals surface area contributed by atoms with Gasteiger partial charge in [0.15, 0.2) is 0 Å². The lowest BCUT2D eigenvalue weighted by Gasteiger charge is -2.34. The first-order valence-electron chi connectivity index (χ1n) is 9.51. The minimum atomic E-state index is -0.374. The summed E-state index contributed by atoms with van der Waals surface area (Å²) in [5.41, 5.74) is 0.985. The number of hydrogen-bond acceptors (Lipinski definition) is 5. The Bertz CT molecular complexity index is 920. The van der Waals surface area contributed by atoms with E-state index in [9.17, 15) is 14.4 Å². The lowest BCUT2D eigenvalue weighted by atomic mass is 10.1. The van der Waals surface area contributed by atoms with Crippen molar-refractivity contribution in [3.8, 4) is 0 Å². The highest BCUT2D eigenvalue weighted by atomic mass is 79.9. The molecular formula is C21H22BrN3O4S. The Hall–Kier alpha value is -2.65. The quantitative estimate of drug-likeness (QED) is 0.648. The smallest absolute Gasteiger partial charge is 0.409 e. The number of carbonyl (C=O) groups excluding carboxylic acids is 3. The zero-order valence-electron chi connectivity index (χ0n) is 16.5. The maximum Gasteiger partial charge on any atom is 0.409 e. The van der Waals surface area contributed by atoms with Gasteiger partial charge in [0.2, 0.25) is 0 Å². The van der Waals surface area contributed by atoms with Crippen LogP contribution in [-0.4, -0.2) is 60.5 Å². The van der Waals surface area contributed by atoms with Crippen LogP contribution in [0.15, 0.2) is 51.9 Å². The van der Waals surface area contributed by atoms with Crippen LogP contribution < -0.4 is 5.32 Å². The Morgan fingerprint density at radius 1 is 1.10 bits per heavy atom. The second-order valence-corrected chi connectivity index (χ2v) is 8.38. The van der Waals surface area contributed by atoms with Gasteiger partial charge in [-0.1, -0.05) is 34.1 Å². The van der Waals surface area contributed by atoms with Gasteiger partial charge in [-0.3, -0.25) is 9.59 Å². The summed E-state index contributed by atoms with van der Waals surface area (Å²) in [5, 5.41) is 4.57. The van der Waals surface area contributed by atoms with E-state index in [0.29, 0.717) is 37.7 Å². The van der Waals surface area contributed by atoms with Crippen molar-refractivity contribution < 1.29 is 19.1 Å². The summed E-state index contributed by atoms with van der Waals surface area (Å²) in [4.78, 5) is 41.4. The van der Waals surface area contributed by atoms with Crippen LogP contribution in [0, 0.1) is 0 Å². The third-order valence-electron chi connectivity index (χ3n) is 4.50. The summed E-state index contributed by atoms with van der Waals surface area (Å²) in [5.74, 6) is -0.613. The van der Waals surface area contributed by atoms with E-state index in [2.05, 4.69) is 21.2 Å². The van der Waals surface area contributed by atoms with E-state index in [0.717, 1.165) is 10.0 Å². The van der Waals surface area contributed by atoms with Crippen LogP contribution in [0.5, 0.6) is 0 Å². The van der Waals surface area contributed by atoms with Gasteiger partial charge in [-0.2, -0.15) is 0 Å². The van der Waals surface area contributed by atoms with Gasteiger partial charge in [-0.25, -0.2) is 4.79 Å². The number of halogens is 1. The van der Waals surface area contributed by atoms with Crippen molar-refractivity contribution in [1.82, 2.24) is 15.1 Å². The first-order valence-corrected chi connectivity index (χ1v) is 11.2. The monoisotopic (exact) mass is 491 g/mol. The molecule has 3 rings (SSSR count). The number of benzene rings is 1. The molecule has 1 aromatic carbocycles. The highest BCUT2D eigenvalue weighted by molar-refractivity contribution is 9.10. The molecule has 1 saturated heterocycles. The molecule has 0 atom stereocenters. The summed E-state index contributed by atoms with van der Waals surface area (Å²) >= 11 is 4.70. The van der Waals surface area contributed by atoms with E-state index >= 15 is 0 Å². The predicted octanol–water partition coefficient (Wildman–Crippen LogP) is 3.58. The molecule has 1 aromatic heterocycles. The van der Waals surface area contributed by atoms with Crippen LogP contribution in [0.3, 0.4) is 0 Å². The SMILES string of the molecule is CCOC(=O)N1CCN(C(=O)/C(=C\c2ccc(Br)cc2)NC(=O)c2cccs2)CC1. The average Bonchev–Trinajstić information content (AvgIpc) is 3.30. The molecule has 0 aliphatic carbocycles. The number of nitrogens with zero attached hydrogens (tertiary/aromatic N) is 2. The minimum Gasteiger partial charge on any atom is -0.450 e. The number of nitrogens with one attached hydrogen (secondary N) is 1. The first-order chi connectivity index (χ1) is 14.5. The van der Waals surface area contributed by atoms with Crippen LogP contribution in [0.1, 0.15) is 22.2 Å². The fourth-order valence-corrected chi connectivity index (χ4v) is 3.83. The predicted molar refractivity (Wildman–Crippen MR) is 119 cm³/mol. The maximum absolute atomic E-state index is 13.2. The molecule has 0 bridgehead atoms. The Morgan fingerprint density at radius 2 is 1.77 bits per heavy atom. The van der Waals surface area contributed by atoms with E-state index in [1.54, 1.807) is 34.9 Å². The van der Waals surface area contributed by atoms with Gasteiger partial charge < -0.3 is 19.9 Å². The van der Waals surface area contributed by atoms with Crippen molar-refractivity contribution >= 4 is 51.3 Å². The molecule has 9 heteroatoms. The molecule has 1 aliphatic rings. The van der Waals surface area contributed by atoms with Gasteiger partial charge in [0.25, 0.3) is 11.8 Å². The van der Waals surface area contributed by atoms with Gasteiger partial charge in [-0.05, 0) is 42.1 Å². The summed E-state index contributed by atoms with van der Waals surface area (Å²) in [6, 6.07) is 10.9. The molecule has 0 radical (unpaired) electrons. The molecule has 0 unspecified atom stereocenters. The number of amides is 3. The van der Waals surface area contributed by atoms with Gasteiger partial charge in [0.1, 0.15) is 5.70 Å². The summed E-state index contributed by atoms with van der Waals surface area (Å²) < 4.78 is 5.94. The highest BCUT2D eigenvalue weighted by Crippen LogP contribution is 2.16.